The van der Waals surface area contributed by atoms with Gasteiger partial charge in [-0.1, -0.05) is 12.1 Å². The van der Waals surface area contributed by atoms with Crippen LogP contribution in [-0.2, 0) is 9.63 Å². The summed E-state index contributed by atoms with van der Waals surface area (Å²) in [5.74, 6) is -3.07. The first-order valence-corrected chi connectivity index (χ1v) is 10.4. The lowest BCUT2D eigenvalue weighted by Crippen LogP contribution is -2.60. The lowest BCUT2D eigenvalue weighted by molar-refractivity contribution is -0.204. The topological polar surface area (TPSA) is 107 Å². The summed E-state index contributed by atoms with van der Waals surface area (Å²) in [5, 5.41) is 0.524. The summed E-state index contributed by atoms with van der Waals surface area (Å²) < 4.78 is 59.5. The van der Waals surface area contributed by atoms with Crippen LogP contribution in [0.15, 0.2) is 30.3 Å². The fraction of sp³-hybridized carbons (Fsp3) is 0.429. The van der Waals surface area contributed by atoms with Crippen LogP contribution in [0.25, 0.3) is 11.3 Å². The number of carbonyl (C=O) groups excluding carboxylic acids is 1. The van der Waals surface area contributed by atoms with E-state index in [0.717, 1.165) is 25.7 Å². The van der Waals surface area contributed by atoms with Crippen molar-refractivity contribution in [1.82, 2.24) is 9.88 Å². The number of anilines is 1. The molecule has 2 heterocycles. The average Bonchev–Trinajstić information content (AvgIpc) is 3.27. The summed E-state index contributed by atoms with van der Waals surface area (Å²) in [4.78, 5) is 21.7. The minimum Gasteiger partial charge on any atom is -0.490 e. The number of fused-ring (bicyclic) bond motifs is 1. The Bertz CT molecular complexity index is 1050. The van der Waals surface area contributed by atoms with Crippen LogP contribution < -0.4 is 21.3 Å². The molecule has 1 aromatic heterocycles. The summed E-state index contributed by atoms with van der Waals surface area (Å²) in [6, 6.07) is 7.28. The van der Waals surface area contributed by atoms with Crippen LogP contribution in [0.2, 0.25) is 0 Å². The van der Waals surface area contributed by atoms with Gasteiger partial charge in [-0.25, -0.2) is 14.2 Å². The van der Waals surface area contributed by atoms with Crippen molar-refractivity contribution in [2.45, 2.75) is 50.4 Å². The first-order valence-electron chi connectivity index (χ1n) is 10.4. The normalized spacial score (nSPS) is 21.7. The van der Waals surface area contributed by atoms with Gasteiger partial charge in [0.05, 0.1) is 23.5 Å². The molecular formula is C21H23F4N5O3. The molecule has 12 heteroatoms. The van der Waals surface area contributed by atoms with Crippen LogP contribution in [0.5, 0.6) is 5.75 Å². The molecule has 178 valence electrons. The molecular weight excluding hydrogens is 446 g/mol. The van der Waals surface area contributed by atoms with Crippen molar-refractivity contribution in [2.24, 2.45) is 11.5 Å². The monoisotopic (exact) mass is 469 g/mol. The van der Waals surface area contributed by atoms with Crippen LogP contribution in [0, 0.1) is 5.82 Å². The van der Waals surface area contributed by atoms with Gasteiger partial charge in [-0.05, 0) is 50.9 Å². The maximum absolute atomic E-state index is 14.9. The fourth-order valence-corrected chi connectivity index (χ4v) is 3.96. The highest BCUT2D eigenvalue weighted by Crippen LogP contribution is 2.39. The number of benzene rings is 1. The van der Waals surface area contributed by atoms with Gasteiger partial charge < -0.3 is 15.3 Å². The van der Waals surface area contributed by atoms with Crippen LogP contribution >= 0.6 is 0 Å². The predicted molar refractivity (Wildman–Crippen MR) is 110 cm³/mol. The Hall–Kier alpha value is -2.96. The van der Waals surface area contributed by atoms with Crippen molar-refractivity contribution in [2.75, 3.05) is 12.1 Å². The van der Waals surface area contributed by atoms with Gasteiger partial charge in [0, 0.05) is 5.56 Å². The van der Waals surface area contributed by atoms with E-state index in [1.807, 2.05) is 0 Å². The third kappa shape index (κ3) is 4.45. The predicted octanol–water partition coefficient (Wildman–Crippen LogP) is 3.18. The number of rotatable bonds is 4. The number of carbonyl (C=O) groups is 1. The Kier molecular flexibility index (Phi) is 6.16. The molecule has 0 bridgehead atoms. The van der Waals surface area contributed by atoms with Crippen molar-refractivity contribution in [3.8, 4) is 17.0 Å². The zero-order chi connectivity index (χ0) is 23.9. The van der Waals surface area contributed by atoms with E-state index in [2.05, 4.69) is 9.82 Å². The summed E-state index contributed by atoms with van der Waals surface area (Å²) in [6.45, 7) is 0. The molecule has 2 unspecified atom stereocenters. The van der Waals surface area contributed by atoms with Crippen molar-refractivity contribution in [3.63, 3.8) is 0 Å². The molecule has 1 aromatic carbocycles. The maximum atomic E-state index is 14.9. The van der Waals surface area contributed by atoms with Crippen LogP contribution in [0.1, 0.15) is 37.4 Å². The fourth-order valence-electron chi connectivity index (χ4n) is 3.96. The van der Waals surface area contributed by atoms with Gasteiger partial charge in [0.15, 0.2) is 12.1 Å². The number of nitrogens with zero attached hydrogens (tertiary/aromatic N) is 3. The summed E-state index contributed by atoms with van der Waals surface area (Å²) >= 11 is 0. The average molecular weight is 469 g/mol. The highest BCUT2D eigenvalue weighted by Gasteiger charge is 2.46. The third-order valence-electron chi connectivity index (χ3n) is 5.77. The minimum absolute atomic E-state index is 0.0374. The zero-order valence-corrected chi connectivity index (χ0v) is 17.7. The van der Waals surface area contributed by atoms with E-state index >= 15 is 0 Å². The number of hydrogen-bond donors (Lipinski definition) is 2. The number of hydrogen-bond acceptors (Lipinski definition) is 8. The second-order valence-electron chi connectivity index (χ2n) is 7.97. The Morgan fingerprint density at radius 3 is 2.52 bits per heavy atom. The zero-order valence-electron chi connectivity index (χ0n) is 17.7. The van der Waals surface area contributed by atoms with Crippen molar-refractivity contribution in [3.05, 3.63) is 41.7 Å². The van der Waals surface area contributed by atoms with Gasteiger partial charge >= 0.3 is 12.1 Å². The maximum Gasteiger partial charge on any atom is 0.493 e. The summed E-state index contributed by atoms with van der Waals surface area (Å²) in [5.41, 5.74) is 12.4. The van der Waals surface area contributed by atoms with E-state index in [0.29, 0.717) is 5.06 Å². The molecule has 2 aliphatic rings. The molecule has 2 aromatic rings. The number of hydroxylamine groups is 1. The second-order valence-corrected chi connectivity index (χ2v) is 7.97. The molecule has 1 aliphatic carbocycles. The molecule has 0 spiro atoms. The Labute approximate surface area is 187 Å². The molecule has 0 radical (unpaired) electrons. The molecule has 1 aliphatic heterocycles. The highest BCUT2D eigenvalue weighted by atomic mass is 19.4. The Morgan fingerprint density at radius 1 is 1.15 bits per heavy atom. The van der Waals surface area contributed by atoms with Gasteiger partial charge in [0.1, 0.15) is 11.6 Å². The van der Waals surface area contributed by atoms with Crippen molar-refractivity contribution < 1.29 is 31.9 Å². The quantitative estimate of drug-likeness (QED) is 0.658. The number of aromatic nitrogens is 1. The lowest BCUT2D eigenvalue weighted by Gasteiger charge is -2.42. The molecule has 4 N–H and O–H groups in total. The Morgan fingerprint density at radius 2 is 1.85 bits per heavy atom. The molecule has 1 saturated carbocycles. The summed E-state index contributed by atoms with van der Waals surface area (Å²) in [6.07, 6.45) is -3.85. The van der Waals surface area contributed by atoms with Crippen LogP contribution in [-0.4, -0.2) is 41.5 Å². The molecule has 2 atom stereocenters. The number of pyridine rings is 1. The third-order valence-corrected chi connectivity index (χ3v) is 5.77. The van der Waals surface area contributed by atoms with E-state index < -0.39 is 30.4 Å². The lowest BCUT2D eigenvalue weighted by atomic mass is 10.1. The Balaban J connectivity index is 1.77. The number of halogens is 4. The first kappa shape index (κ1) is 23.2. The first-order chi connectivity index (χ1) is 15.6. The molecule has 0 amide bonds. The van der Waals surface area contributed by atoms with E-state index in [9.17, 15) is 22.4 Å². The molecule has 4 rings (SSSR count). The van der Waals surface area contributed by atoms with Crippen molar-refractivity contribution in [1.29, 1.82) is 0 Å². The van der Waals surface area contributed by atoms with Crippen molar-refractivity contribution >= 4 is 11.8 Å². The molecule has 1 fully saturated rings. The van der Waals surface area contributed by atoms with E-state index in [1.54, 1.807) is 6.07 Å². The number of alkyl halides is 3. The van der Waals surface area contributed by atoms with Gasteiger partial charge in [-0.2, -0.15) is 18.2 Å². The number of nitrogens with two attached hydrogens (primary N) is 2. The number of ether oxygens (including phenoxy) is 1. The standard InChI is InChI=1S/C21H23F4N5O3/c1-29-17(26)12-9-10-14(28-18(12)30(20(29)27)33-19(31)21(23,24)25)16-13(22)7-4-8-15(16)32-11-5-2-3-6-11/h4,7-11,17,20H,2-3,5-6,26-27H2,1H3. The van der Waals surface area contributed by atoms with Crippen LogP contribution in [0.3, 0.4) is 0 Å². The van der Waals surface area contributed by atoms with Gasteiger partial charge in [0.2, 0.25) is 0 Å². The van der Waals surface area contributed by atoms with E-state index in [1.165, 1.54) is 36.2 Å². The van der Waals surface area contributed by atoms with E-state index in [4.69, 9.17) is 16.2 Å². The summed E-state index contributed by atoms with van der Waals surface area (Å²) in [7, 11) is 1.45. The second kappa shape index (κ2) is 8.76. The highest BCUT2D eigenvalue weighted by molar-refractivity contribution is 5.77. The smallest absolute Gasteiger partial charge is 0.490 e. The largest absolute Gasteiger partial charge is 0.493 e. The minimum atomic E-state index is -5.26. The van der Waals surface area contributed by atoms with Crippen LogP contribution in [0.4, 0.5) is 23.4 Å². The molecule has 33 heavy (non-hydrogen) atoms. The van der Waals surface area contributed by atoms with Gasteiger partial charge in [0.25, 0.3) is 0 Å². The van der Waals surface area contributed by atoms with Gasteiger partial charge in [-0.15, -0.1) is 0 Å². The van der Waals surface area contributed by atoms with Gasteiger partial charge in [-0.3, -0.25) is 10.6 Å². The molecule has 8 nitrogen and oxygen atoms in total. The SMILES string of the molecule is CN1C(N)c2ccc(-c3c(F)cccc3OC3CCCC3)nc2N(OC(=O)C(F)(F)F)C1N. The molecule has 0 saturated heterocycles. The van der Waals surface area contributed by atoms with E-state index in [-0.39, 0.29) is 34.5 Å².